The van der Waals surface area contributed by atoms with Gasteiger partial charge in [0.25, 0.3) is 0 Å². The van der Waals surface area contributed by atoms with E-state index in [0.29, 0.717) is 10.5 Å². The van der Waals surface area contributed by atoms with Crippen LogP contribution in [0.3, 0.4) is 0 Å². The van der Waals surface area contributed by atoms with Gasteiger partial charge in [-0.3, -0.25) is 4.79 Å². The van der Waals surface area contributed by atoms with Gasteiger partial charge in [-0.2, -0.15) is 0 Å². The van der Waals surface area contributed by atoms with E-state index in [4.69, 9.17) is 4.43 Å². The SMILES string of the molecule is O=C(O[SiH3])C(c1ccccc1)c1ccccc1. The summed E-state index contributed by atoms with van der Waals surface area (Å²) in [6.07, 6.45) is 0. The van der Waals surface area contributed by atoms with Crippen molar-refractivity contribution in [2.45, 2.75) is 5.92 Å². The molecular weight excluding hydrogens is 228 g/mol. The summed E-state index contributed by atoms with van der Waals surface area (Å²) >= 11 is 0. The fraction of sp³-hybridized carbons (Fsp3) is 0.0714. The third-order valence-corrected chi connectivity index (χ3v) is 3.11. The second-order valence-corrected chi connectivity index (χ2v) is 4.19. The smallest absolute Gasteiger partial charge is 0.303 e. The maximum Gasteiger partial charge on any atom is 0.303 e. The molecule has 17 heavy (non-hydrogen) atoms. The Bertz CT molecular complexity index is 443. The summed E-state index contributed by atoms with van der Waals surface area (Å²) in [5, 5.41) is 0. The quantitative estimate of drug-likeness (QED) is 0.765. The van der Waals surface area contributed by atoms with E-state index in [2.05, 4.69) is 0 Å². The molecule has 0 saturated carbocycles. The summed E-state index contributed by atoms with van der Waals surface area (Å²) in [5.41, 5.74) is 1.94. The maximum absolute atomic E-state index is 11.9. The van der Waals surface area contributed by atoms with Gasteiger partial charge in [0.15, 0.2) is 0 Å². The summed E-state index contributed by atoms with van der Waals surface area (Å²) < 4.78 is 5.02. The first-order valence-corrected chi connectivity index (χ1v) is 6.32. The molecule has 2 aromatic carbocycles. The topological polar surface area (TPSA) is 26.3 Å². The van der Waals surface area contributed by atoms with Crippen LogP contribution in [0.25, 0.3) is 0 Å². The molecule has 0 aliphatic rings. The fourth-order valence-corrected chi connectivity index (χ4v) is 2.11. The van der Waals surface area contributed by atoms with Crippen LogP contribution in [0.2, 0.25) is 0 Å². The Morgan fingerprint density at radius 2 is 1.29 bits per heavy atom. The predicted octanol–water partition coefficient (Wildman–Crippen LogP) is 1.64. The molecule has 0 heterocycles. The van der Waals surface area contributed by atoms with Crippen molar-refractivity contribution in [3.8, 4) is 0 Å². The first kappa shape index (κ1) is 11.6. The summed E-state index contributed by atoms with van der Waals surface area (Å²) in [6, 6.07) is 19.4. The third-order valence-electron chi connectivity index (χ3n) is 2.70. The van der Waals surface area contributed by atoms with Crippen LogP contribution in [0.4, 0.5) is 0 Å². The van der Waals surface area contributed by atoms with E-state index in [1.54, 1.807) is 0 Å². The van der Waals surface area contributed by atoms with Crippen molar-refractivity contribution >= 4 is 16.5 Å². The van der Waals surface area contributed by atoms with E-state index < -0.39 is 0 Å². The minimum absolute atomic E-state index is 0.172. The minimum Gasteiger partial charge on any atom is -0.528 e. The molecule has 0 amide bonds. The number of hydrogen-bond acceptors (Lipinski definition) is 2. The summed E-state index contributed by atoms with van der Waals surface area (Å²) in [6.45, 7) is 0. The molecule has 86 valence electrons. The van der Waals surface area contributed by atoms with Gasteiger partial charge in [-0.15, -0.1) is 0 Å². The molecule has 2 nitrogen and oxygen atoms in total. The Balaban J connectivity index is 2.43. The number of carbonyl (C=O) groups excluding carboxylic acids is 1. The van der Waals surface area contributed by atoms with Crippen LogP contribution in [0, 0.1) is 0 Å². The van der Waals surface area contributed by atoms with E-state index >= 15 is 0 Å². The van der Waals surface area contributed by atoms with E-state index in [1.807, 2.05) is 60.7 Å². The maximum atomic E-state index is 11.9. The Labute approximate surface area is 104 Å². The molecule has 0 fully saturated rings. The van der Waals surface area contributed by atoms with Crippen LogP contribution in [-0.2, 0) is 9.22 Å². The molecule has 0 N–H and O–H groups in total. The zero-order valence-corrected chi connectivity index (χ0v) is 11.7. The molecule has 0 spiro atoms. The Kier molecular flexibility index (Phi) is 3.72. The zero-order chi connectivity index (χ0) is 12.1. The minimum atomic E-state index is -0.310. The van der Waals surface area contributed by atoms with Crippen molar-refractivity contribution in [2.24, 2.45) is 0 Å². The number of carbonyl (C=O) groups is 1. The van der Waals surface area contributed by atoms with E-state index in [0.717, 1.165) is 11.1 Å². The van der Waals surface area contributed by atoms with Gasteiger partial charge in [-0.05, 0) is 11.1 Å². The first-order chi connectivity index (χ1) is 8.33. The molecule has 2 aromatic rings. The molecule has 0 atom stereocenters. The van der Waals surface area contributed by atoms with Crippen LogP contribution >= 0.6 is 0 Å². The van der Waals surface area contributed by atoms with E-state index in [9.17, 15) is 4.79 Å². The Hall–Kier alpha value is -1.87. The summed E-state index contributed by atoms with van der Waals surface area (Å²) in [4.78, 5) is 11.9. The lowest BCUT2D eigenvalue weighted by molar-refractivity contribution is -0.134. The Morgan fingerprint density at radius 3 is 1.65 bits per heavy atom. The van der Waals surface area contributed by atoms with Gasteiger partial charge >= 0.3 is 5.97 Å². The van der Waals surface area contributed by atoms with Crippen LogP contribution in [0.5, 0.6) is 0 Å². The fourth-order valence-electron chi connectivity index (χ4n) is 1.87. The van der Waals surface area contributed by atoms with Crippen molar-refractivity contribution in [3.63, 3.8) is 0 Å². The molecule has 0 aliphatic heterocycles. The van der Waals surface area contributed by atoms with Crippen molar-refractivity contribution in [2.75, 3.05) is 0 Å². The molecule has 0 bridgehead atoms. The highest BCUT2D eigenvalue weighted by molar-refractivity contribution is 6.07. The van der Waals surface area contributed by atoms with Crippen molar-refractivity contribution in [1.82, 2.24) is 0 Å². The van der Waals surface area contributed by atoms with Gasteiger partial charge in [0.05, 0.1) is 0 Å². The van der Waals surface area contributed by atoms with Gasteiger partial charge in [0.1, 0.15) is 5.92 Å². The van der Waals surface area contributed by atoms with Crippen molar-refractivity contribution < 1.29 is 9.22 Å². The average Bonchev–Trinajstić information content (AvgIpc) is 2.41. The Morgan fingerprint density at radius 1 is 0.882 bits per heavy atom. The predicted molar refractivity (Wildman–Crippen MR) is 70.8 cm³/mol. The molecular formula is C14H14O2Si. The van der Waals surface area contributed by atoms with Gasteiger partial charge in [0, 0.05) is 0 Å². The van der Waals surface area contributed by atoms with E-state index in [1.165, 1.54) is 0 Å². The van der Waals surface area contributed by atoms with Crippen LogP contribution in [-0.4, -0.2) is 16.5 Å². The lowest BCUT2D eigenvalue weighted by atomic mass is 9.91. The molecule has 0 aromatic heterocycles. The first-order valence-electron chi connectivity index (χ1n) is 5.50. The molecule has 3 heteroatoms. The summed E-state index contributed by atoms with van der Waals surface area (Å²) in [5.74, 6) is -0.482. The van der Waals surface area contributed by atoms with Gasteiger partial charge in [0.2, 0.25) is 10.5 Å². The number of hydrogen-bond donors (Lipinski definition) is 0. The molecule has 0 radical (unpaired) electrons. The normalized spacial score (nSPS) is 10.4. The van der Waals surface area contributed by atoms with Gasteiger partial charge in [-0.1, -0.05) is 60.7 Å². The number of rotatable bonds is 3. The highest BCUT2D eigenvalue weighted by atomic mass is 28.2. The molecule has 2 rings (SSSR count). The number of benzene rings is 2. The zero-order valence-electron chi connectivity index (χ0n) is 9.67. The van der Waals surface area contributed by atoms with Crippen LogP contribution in [0.15, 0.2) is 60.7 Å². The van der Waals surface area contributed by atoms with Crippen LogP contribution < -0.4 is 0 Å². The highest BCUT2D eigenvalue weighted by Crippen LogP contribution is 2.25. The van der Waals surface area contributed by atoms with Crippen LogP contribution in [0.1, 0.15) is 17.0 Å². The average molecular weight is 242 g/mol. The van der Waals surface area contributed by atoms with Gasteiger partial charge in [-0.25, -0.2) is 0 Å². The molecule has 0 saturated heterocycles. The van der Waals surface area contributed by atoms with Gasteiger partial charge < -0.3 is 4.43 Å². The summed E-state index contributed by atoms with van der Waals surface area (Å²) in [7, 11) is 0.423. The standard InChI is InChI=1S/C14H14O2Si/c15-14(16-17)13(11-7-3-1-4-8-11)12-9-5-2-6-10-12/h1-10,13H,17H3. The molecule has 0 aliphatic carbocycles. The van der Waals surface area contributed by atoms with Crippen molar-refractivity contribution in [3.05, 3.63) is 71.8 Å². The van der Waals surface area contributed by atoms with E-state index in [-0.39, 0.29) is 11.9 Å². The second-order valence-electron chi connectivity index (χ2n) is 3.78. The monoisotopic (exact) mass is 242 g/mol. The second kappa shape index (κ2) is 5.45. The van der Waals surface area contributed by atoms with Crippen molar-refractivity contribution in [1.29, 1.82) is 0 Å². The lowest BCUT2D eigenvalue weighted by Crippen LogP contribution is -2.16. The lowest BCUT2D eigenvalue weighted by Gasteiger charge is -2.15. The molecule has 0 unspecified atom stereocenters. The largest absolute Gasteiger partial charge is 0.528 e. The highest BCUT2D eigenvalue weighted by Gasteiger charge is 2.22. The third kappa shape index (κ3) is 2.63.